The lowest BCUT2D eigenvalue weighted by atomic mass is 9.97. The van der Waals surface area contributed by atoms with Crippen molar-refractivity contribution in [2.75, 3.05) is 6.61 Å². The van der Waals surface area contributed by atoms with Gasteiger partial charge in [0.05, 0.1) is 6.61 Å². The maximum absolute atomic E-state index is 13.7. The van der Waals surface area contributed by atoms with Crippen LogP contribution in [0, 0.1) is 5.92 Å². The van der Waals surface area contributed by atoms with Crippen LogP contribution in [0.1, 0.15) is 45.7 Å². The van der Waals surface area contributed by atoms with Gasteiger partial charge in [-0.25, -0.2) is 0 Å². The first kappa shape index (κ1) is 18.6. The first-order chi connectivity index (χ1) is 11.0. The van der Waals surface area contributed by atoms with Crippen LogP contribution in [-0.2, 0) is 4.79 Å². The Labute approximate surface area is 139 Å². The summed E-state index contributed by atoms with van der Waals surface area (Å²) in [6, 6.07) is 4.03. The van der Waals surface area contributed by atoms with Crippen molar-refractivity contribution in [3.63, 3.8) is 0 Å². The highest BCUT2D eigenvalue weighted by molar-refractivity contribution is 5.79. The zero-order chi connectivity index (χ0) is 18.1. The molecule has 1 aliphatic rings. The average Bonchev–Trinajstić information content (AvgIpc) is 2.68. The Morgan fingerprint density at radius 1 is 1.33 bits per heavy atom. The van der Waals surface area contributed by atoms with Crippen LogP contribution in [0.15, 0.2) is 24.3 Å². The van der Waals surface area contributed by atoms with E-state index in [0.717, 1.165) is 5.01 Å². The highest BCUT2D eigenvalue weighted by Crippen LogP contribution is 2.43. The van der Waals surface area contributed by atoms with E-state index in [0.29, 0.717) is 12.4 Å². The molecule has 1 aromatic carbocycles. The average molecular weight is 344 g/mol. The fourth-order valence-electron chi connectivity index (χ4n) is 2.74. The Balaban J connectivity index is 2.36. The minimum Gasteiger partial charge on any atom is -0.493 e. The van der Waals surface area contributed by atoms with Crippen molar-refractivity contribution in [1.29, 1.82) is 0 Å². The number of benzene rings is 1. The van der Waals surface area contributed by atoms with E-state index in [4.69, 9.17) is 4.74 Å². The summed E-state index contributed by atoms with van der Waals surface area (Å²) in [6.07, 6.45) is -4.52. The molecule has 2 rings (SSSR count). The first-order valence-corrected chi connectivity index (χ1v) is 7.89. The topological polar surface area (TPSA) is 41.6 Å². The number of nitrogens with one attached hydrogen (secondary N) is 1. The minimum atomic E-state index is -4.54. The van der Waals surface area contributed by atoms with Crippen LogP contribution in [0.5, 0.6) is 5.75 Å². The van der Waals surface area contributed by atoms with Gasteiger partial charge in [-0.3, -0.25) is 10.2 Å². The van der Waals surface area contributed by atoms with E-state index in [9.17, 15) is 18.0 Å². The molecular formula is C17H23F3N2O2. The van der Waals surface area contributed by atoms with Crippen LogP contribution in [0.25, 0.3) is 0 Å². The summed E-state index contributed by atoms with van der Waals surface area (Å²) in [5.74, 6) is 0.240. The van der Waals surface area contributed by atoms with Gasteiger partial charge in [0.15, 0.2) is 6.04 Å². The second-order valence-corrected chi connectivity index (χ2v) is 7.12. The number of ether oxygens (including phenoxy) is 1. The zero-order valence-corrected chi connectivity index (χ0v) is 14.3. The Bertz CT molecular complexity index is 600. The molecule has 1 amide bonds. The van der Waals surface area contributed by atoms with E-state index in [1.54, 1.807) is 19.9 Å². The molecule has 0 unspecified atom stereocenters. The highest BCUT2D eigenvalue weighted by atomic mass is 19.4. The highest BCUT2D eigenvalue weighted by Gasteiger charge is 2.53. The molecule has 4 nitrogen and oxygen atoms in total. The summed E-state index contributed by atoms with van der Waals surface area (Å²) in [5, 5.41) is 0.997. The molecule has 0 radical (unpaired) electrons. The van der Waals surface area contributed by atoms with Gasteiger partial charge in [0.25, 0.3) is 0 Å². The Hall–Kier alpha value is -1.76. The van der Waals surface area contributed by atoms with Gasteiger partial charge in [-0.05, 0) is 37.5 Å². The number of rotatable bonds is 5. The fourth-order valence-corrected chi connectivity index (χ4v) is 2.74. The van der Waals surface area contributed by atoms with Gasteiger partial charge in [-0.1, -0.05) is 26.0 Å². The molecule has 1 aromatic rings. The smallest absolute Gasteiger partial charge is 0.409 e. The molecule has 1 atom stereocenters. The lowest BCUT2D eigenvalue weighted by Crippen LogP contribution is -2.51. The molecule has 7 heteroatoms. The minimum absolute atomic E-state index is 0.0170. The van der Waals surface area contributed by atoms with Gasteiger partial charge >= 0.3 is 6.18 Å². The molecule has 1 aliphatic heterocycles. The number of hydrazine groups is 1. The van der Waals surface area contributed by atoms with Crippen molar-refractivity contribution >= 4 is 5.91 Å². The number of carbonyl (C=O) groups is 1. The number of carbonyl (C=O) groups excluding carboxylic acids is 1. The number of hydrogen-bond donors (Lipinski definition) is 1. The summed E-state index contributed by atoms with van der Waals surface area (Å²) >= 11 is 0. The van der Waals surface area contributed by atoms with Crippen molar-refractivity contribution in [1.82, 2.24) is 10.4 Å². The number of nitrogens with zero attached hydrogens (tertiary/aromatic N) is 1. The fraction of sp³-hybridized carbons (Fsp3) is 0.588. The maximum atomic E-state index is 13.7. The van der Waals surface area contributed by atoms with E-state index in [2.05, 4.69) is 5.43 Å². The third-order valence-corrected chi connectivity index (χ3v) is 3.82. The summed E-state index contributed by atoms with van der Waals surface area (Å²) in [7, 11) is 0. The predicted octanol–water partition coefficient (Wildman–Crippen LogP) is 3.84. The third kappa shape index (κ3) is 4.20. The lowest BCUT2D eigenvalue weighted by Gasteiger charge is -2.38. The molecule has 1 saturated heterocycles. The first-order valence-electron chi connectivity index (χ1n) is 7.89. The standard InChI is InChI=1S/C17H23F3N2O2/c1-11(2)10-24-13-7-5-6-12(8-13)15(17(18,19)20)22-16(3,4)9-14(23)21-22/h5-8,11,15H,9-10H2,1-4H3,(H,21,23)/t15-/m0/s1. The van der Waals surface area contributed by atoms with E-state index in [1.165, 1.54) is 18.2 Å². The van der Waals surface area contributed by atoms with Crippen LogP contribution >= 0.6 is 0 Å². The monoisotopic (exact) mass is 344 g/mol. The second-order valence-electron chi connectivity index (χ2n) is 7.12. The van der Waals surface area contributed by atoms with Crippen molar-refractivity contribution in [2.45, 2.75) is 51.9 Å². The van der Waals surface area contributed by atoms with Crippen LogP contribution < -0.4 is 10.2 Å². The number of amides is 1. The number of halogens is 3. The van der Waals surface area contributed by atoms with Crippen molar-refractivity contribution in [2.24, 2.45) is 5.92 Å². The summed E-state index contributed by atoms with van der Waals surface area (Å²) in [4.78, 5) is 11.6. The normalized spacial score (nSPS) is 19.4. The third-order valence-electron chi connectivity index (χ3n) is 3.82. The second kappa shape index (κ2) is 6.63. The molecule has 24 heavy (non-hydrogen) atoms. The Morgan fingerprint density at radius 2 is 2.00 bits per heavy atom. The molecule has 134 valence electrons. The Morgan fingerprint density at radius 3 is 2.50 bits per heavy atom. The van der Waals surface area contributed by atoms with E-state index in [1.807, 2.05) is 13.8 Å². The number of hydrogen-bond acceptors (Lipinski definition) is 3. The molecule has 0 saturated carbocycles. The number of alkyl halides is 3. The molecule has 1 N–H and O–H groups in total. The zero-order valence-electron chi connectivity index (χ0n) is 14.3. The van der Waals surface area contributed by atoms with Gasteiger partial charge in [0, 0.05) is 12.0 Å². The SMILES string of the molecule is CC(C)COc1cccc([C@H](N2NC(=O)CC2(C)C)C(F)(F)F)c1. The molecule has 0 spiro atoms. The maximum Gasteiger partial charge on any atom is 0.409 e. The van der Waals surface area contributed by atoms with E-state index >= 15 is 0 Å². The quantitative estimate of drug-likeness (QED) is 0.882. The summed E-state index contributed by atoms with van der Waals surface area (Å²) in [6.45, 7) is 7.58. The van der Waals surface area contributed by atoms with Gasteiger partial charge in [0.2, 0.25) is 5.91 Å². The summed E-state index contributed by atoms with van der Waals surface area (Å²) < 4.78 is 46.8. The van der Waals surface area contributed by atoms with Crippen molar-refractivity contribution in [3.05, 3.63) is 29.8 Å². The summed E-state index contributed by atoms with van der Waals surface area (Å²) in [5.41, 5.74) is 1.45. The molecular weight excluding hydrogens is 321 g/mol. The van der Waals surface area contributed by atoms with Crippen molar-refractivity contribution < 1.29 is 22.7 Å². The molecule has 1 fully saturated rings. The van der Waals surface area contributed by atoms with Gasteiger partial charge in [0.1, 0.15) is 5.75 Å². The van der Waals surface area contributed by atoms with Crippen LogP contribution in [0.2, 0.25) is 0 Å². The van der Waals surface area contributed by atoms with Gasteiger partial charge in [-0.15, -0.1) is 0 Å². The van der Waals surface area contributed by atoms with Crippen molar-refractivity contribution in [3.8, 4) is 5.75 Å². The largest absolute Gasteiger partial charge is 0.493 e. The Kier molecular flexibility index (Phi) is 5.13. The van der Waals surface area contributed by atoms with Gasteiger partial charge in [-0.2, -0.15) is 18.2 Å². The lowest BCUT2D eigenvalue weighted by molar-refractivity contribution is -0.203. The van der Waals surface area contributed by atoms with E-state index in [-0.39, 0.29) is 17.9 Å². The predicted molar refractivity (Wildman–Crippen MR) is 84.2 cm³/mol. The van der Waals surface area contributed by atoms with E-state index < -0.39 is 23.7 Å². The molecule has 1 heterocycles. The molecule has 0 bridgehead atoms. The van der Waals surface area contributed by atoms with Crippen LogP contribution in [-0.4, -0.2) is 29.2 Å². The molecule has 0 aromatic heterocycles. The van der Waals surface area contributed by atoms with Gasteiger partial charge < -0.3 is 4.74 Å². The van der Waals surface area contributed by atoms with Crippen LogP contribution in [0.4, 0.5) is 13.2 Å². The van der Waals surface area contributed by atoms with Crippen LogP contribution in [0.3, 0.4) is 0 Å². The molecule has 0 aliphatic carbocycles.